The van der Waals surface area contributed by atoms with Crippen LogP contribution in [0.4, 0.5) is 0 Å². The van der Waals surface area contributed by atoms with Crippen LogP contribution in [0.2, 0.25) is 0 Å². The fourth-order valence-corrected chi connectivity index (χ4v) is 4.23. The van der Waals surface area contributed by atoms with Crippen LogP contribution in [0.1, 0.15) is 6.42 Å². The minimum absolute atomic E-state index is 0.223. The van der Waals surface area contributed by atoms with E-state index in [1.54, 1.807) is 0 Å². The predicted molar refractivity (Wildman–Crippen MR) is 66.9 cm³/mol. The fraction of sp³-hybridized carbons (Fsp3) is 1.00. The minimum Gasteiger partial charge on any atom is -0.379 e. The molecule has 6 heteroatoms. The molecule has 0 radical (unpaired) electrons. The van der Waals surface area contributed by atoms with Gasteiger partial charge in [0.25, 0.3) is 0 Å². The minimum atomic E-state index is -2.76. The first-order chi connectivity index (χ1) is 8.07. The van der Waals surface area contributed by atoms with E-state index in [1.165, 1.54) is 0 Å². The topological polar surface area (TPSA) is 49.9 Å². The molecular formula is C11H22N2O3S. The molecule has 1 atom stereocenters. The highest BCUT2D eigenvalue weighted by molar-refractivity contribution is 7.91. The predicted octanol–water partition coefficient (Wildman–Crippen LogP) is -0.562. The molecule has 0 aromatic carbocycles. The van der Waals surface area contributed by atoms with E-state index in [4.69, 9.17) is 4.74 Å². The molecule has 2 rings (SSSR count). The molecule has 0 aliphatic carbocycles. The van der Waals surface area contributed by atoms with E-state index in [9.17, 15) is 8.42 Å². The van der Waals surface area contributed by atoms with Gasteiger partial charge in [0, 0.05) is 32.2 Å². The monoisotopic (exact) mass is 262 g/mol. The fourth-order valence-electron chi connectivity index (χ4n) is 2.43. The van der Waals surface area contributed by atoms with Gasteiger partial charge in [-0.1, -0.05) is 0 Å². The van der Waals surface area contributed by atoms with Crippen molar-refractivity contribution in [3.8, 4) is 0 Å². The smallest absolute Gasteiger partial charge is 0.151 e. The van der Waals surface area contributed by atoms with Gasteiger partial charge in [-0.2, -0.15) is 0 Å². The molecule has 0 spiro atoms. The van der Waals surface area contributed by atoms with Crippen molar-refractivity contribution in [1.29, 1.82) is 0 Å². The van der Waals surface area contributed by atoms with Gasteiger partial charge in [-0.3, -0.25) is 4.90 Å². The Bertz CT molecular complexity index is 339. The first kappa shape index (κ1) is 13.3. The summed E-state index contributed by atoms with van der Waals surface area (Å²) < 4.78 is 28.1. The summed E-state index contributed by atoms with van der Waals surface area (Å²) in [4.78, 5) is 4.57. The number of hydrogen-bond donors (Lipinski definition) is 0. The van der Waals surface area contributed by atoms with E-state index in [-0.39, 0.29) is 6.04 Å². The Morgan fingerprint density at radius 2 is 2.06 bits per heavy atom. The number of likely N-dealkylation sites (N-methyl/N-ethyl adjacent to an activating group) is 1. The molecule has 5 nitrogen and oxygen atoms in total. The van der Waals surface area contributed by atoms with E-state index in [1.807, 2.05) is 7.05 Å². The third-order valence-electron chi connectivity index (χ3n) is 3.70. The number of rotatable bonds is 4. The molecule has 0 bridgehead atoms. The number of ether oxygens (including phenoxy) is 1. The second-order valence-electron chi connectivity index (χ2n) is 4.99. The molecule has 2 fully saturated rings. The van der Waals surface area contributed by atoms with Gasteiger partial charge in [0.1, 0.15) is 0 Å². The van der Waals surface area contributed by atoms with Gasteiger partial charge in [0.2, 0.25) is 0 Å². The average Bonchev–Trinajstić information content (AvgIpc) is 2.68. The summed E-state index contributed by atoms with van der Waals surface area (Å²) in [5.41, 5.74) is 0. The molecule has 0 amide bonds. The summed E-state index contributed by atoms with van der Waals surface area (Å²) in [7, 11) is -0.725. The Morgan fingerprint density at radius 3 is 2.65 bits per heavy atom. The van der Waals surface area contributed by atoms with E-state index in [2.05, 4.69) is 9.80 Å². The zero-order valence-corrected chi connectivity index (χ0v) is 11.3. The van der Waals surface area contributed by atoms with Crippen LogP contribution in [0.25, 0.3) is 0 Å². The highest BCUT2D eigenvalue weighted by Crippen LogP contribution is 2.16. The normalized spacial score (nSPS) is 29.9. The van der Waals surface area contributed by atoms with Gasteiger partial charge in [-0.15, -0.1) is 0 Å². The number of morpholine rings is 1. The summed E-state index contributed by atoms with van der Waals surface area (Å²) in [5.74, 6) is 0.701. The lowest BCUT2D eigenvalue weighted by Crippen LogP contribution is -2.43. The maximum atomic E-state index is 11.4. The third kappa shape index (κ3) is 3.91. The number of nitrogens with zero attached hydrogens (tertiary/aromatic N) is 2. The van der Waals surface area contributed by atoms with Gasteiger partial charge in [0.05, 0.1) is 24.7 Å². The first-order valence-corrected chi connectivity index (χ1v) is 8.10. The molecule has 0 saturated carbocycles. The Balaban J connectivity index is 1.72. The van der Waals surface area contributed by atoms with E-state index >= 15 is 0 Å². The lowest BCUT2D eigenvalue weighted by atomic mass is 10.2. The van der Waals surface area contributed by atoms with Crippen molar-refractivity contribution >= 4 is 9.84 Å². The van der Waals surface area contributed by atoms with Crippen molar-refractivity contribution in [3.05, 3.63) is 0 Å². The van der Waals surface area contributed by atoms with Crippen LogP contribution < -0.4 is 0 Å². The SMILES string of the molecule is CN(CCN1CCOCC1)C1CCS(=O)(=O)C1. The van der Waals surface area contributed by atoms with Crippen LogP contribution in [-0.2, 0) is 14.6 Å². The van der Waals surface area contributed by atoms with Gasteiger partial charge >= 0.3 is 0 Å². The Kier molecular flexibility index (Phi) is 4.41. The van der Waals surface area contributed by atoms with Gasteiger partial charge in [0.15, 0.2) is 9.84 Å². The Labute approximate surface area is 104 Å². The molecule has 100 valence electrons. The average molecular weight is 262 g/mol. The molecule has 0 aromatic rings. The number of sulfone groups is 1. The Hall–Kier alpha value is -0.170. The molecule has 2 aliphatic heterocycles. The van der Waals surface area contributed by atoms with Crippen molar-refractivity contribution in [1.82, 2.24) is 9.80 Å². The molecule has 0 aromatic heterocycles. The summed E-state index contributed by atoms with van der Waals surface area (Å²) in [6.45, 7) is 5.59. The highest BCUT2D eigenvalue weighted by atomic mass is 32.2. The van der Waals surface area contributed by atoms with Crippen molar-refractivity contribution < 1.29 is 13.2 Å². The van der Waals surface area contributed by atoms with Crippen LogP contribution in [0, 0.1) is 0 Å². The van der Waals surface area contributed by atoms with Crippen LogP contribution in [0.3, 0.4) is 0 Å². The van der Waals surface area contributed by atoms with Crippen LogP contribution in [0.5, 0.6) is 0 Å². The molecule has 1 unspecified atom stereocenters. The molecule has 2 saturated heterocycles. The standard InChI is InChI=1S/C11H22N2O3S/c1-12(11-2-9-17(14,15)10-11)3-4-13-5-7-16-8-6-13/h11H,2-10H2,1H3. The largest absolute Gasteiger partial charge is 0.379 e. The summed E-state index contributed by atoms with van der Waals surface area (Å²) in [6.07, 6.45) is 0.794. The molecule has 2 heterocycles. The quantitative estimate of drug-likeness (QED) is 0.679. The first-order valence-electron chi connectivity index (χ1n) is 6.27. The summed E-state index contributed by atoms with van der Waals surface area (Å²) >= 11 is 0. The molecule has 0 N–H and O–H groups in total. The van der Waals surface area contributed by atoms with Gasteiger partial charge < -0.3 is 9.64 Å². The third-order valence-corrected chi connectivity index (χ3v) is 5.45. The zero-order chi connectivity index (χ0) is 12.3. The zero-order valence-electron chi connectivity index (χ0n) is 10.5. The maximum Gasteiger partial charge on any atom is 0.151 e. The van der Waals surface area contributed by atoms with E-state index in [0.29, 0.717) is 11.5 Å². The highest BCUT2D eigenvalue weighted by Gasteiger charge is 2.30. The van der Waals surface area contributed by atoms with Crippen molar-refractivity contribution in [2.45, 2.75) is 12.5 Å². The van der Waals surface area contributed by atoms with Crippen LogP contribution >= 0.6 is 0 Å². The van der Waals surface area contributed by atoms with Gasteiger partial charge in [-0.25, -0.2) is 8.42 Å². The Morgan fingerprint density at radius 1 is 1.35 bits per heavy atom. The van der Waals surface area contributed by atoms with E-state index in [0.717, 1.165) is 45.8 Å². The van der Waals surface area contributed by atoms with Crippen molar-refractivity contribution in [2.75, 3.05) is 57.9 Å². The second-order valence-corrected chi connectivity index (χ2v) is 7.22. The van der Waals surface area contributed by atoms with Crippen molar-refractivity contribution in [2.24, 2.45) is 0 Å². The number of hydrogen-bond acceptors (Lipinski definition) is 5. The van der Waals surface area contributed by atoms with Gasteiger partial charge in [-0.05, 0) is 13.5 Å². The maximum absolute atomic E-state index is 11.4. The van der Waals surface area contributed by atoms with Crippen molar-refractivity contribution in [3.63, 3.8) is 0 Å². The second kappa shape index (κ2) is 5.65. The summed E-state index contributed by atoms with van der Waals surface area (Å²) in [6, 6.07) is 0.223. The lowest BCUT2D eigenvalue weighted by Gasteiger charge is -2.30. The van der Waals surface area contributed by atoms with E-state index < -0.39 is 9.84 Å². The lowest BCUT2D eigenvalue weighted by molar-refractivity contribution is 0.0331. The van der Waals surface area contributed by atoms with Crippen LogP contribution in [-0.4, -0.2) is 82.2 Å². The molecule has 2 aliphatic rings. The summed E-state index contributed by atoms with van der Waals surface area (Å²) in [5, 5.41) is 0. The molecular weight excluding hydrogens is 240 g/mol. The van der Waals surface area contributed by atoms with Crippen LogP contribution in [0.15, 0.2) is 0 Å². The molecule has 17 heavy (non-hydrogen) atoms.